The first-order valence-electron chi connectivity index (χ1n) is 16.2. The Hall–Kier alpha value is -1.75. The zero-order valence-corrected chi connectivity index (χ0v) is 25.5. The van der Waals surface area contributed by atoms with E-state index in [9.17, 15) is 50.1 Å². The summed E-state index contributed by atoms with van der Waals surface area (Å²) in [5.41, 5.74) is -0.206. The predicted octanol–water partition coefficient (Wildman–Crippen LogP) is -0.208. The molecule has 2 aliphatic heterocycles. The minimum Gasteiger partial charge on any atom is -0.479 e. The number of carboxylic acids is 2. The van der Waals surface area contributed by atoms with Crippen molar-refractivity contribution in [1.82, 2.24) is 0 Å². The third-order valence-electron chi connectivity index (χ3n) is 12.6. The van der Waals surface area contributed by atoms with Crippen molar-refractivity contribution in [1.29, 1.82) is 0 Å². The maximum atomic E-state index is 12.3. The molecule has 45 heavy (non-hydrogen) atoms. The van der Waals surface area contributed by atoms with Crippen LogP contribution >= 0.6 is 0 Å². The van der Waals surface area contributed by atoms with Gasteiger partial charge in [0.2, 0.25) is 0 Å². The number of ketones is 1. The summed E-state index contributed by atoms with van der Waals surface area (Å²) in [6.45, 7) is 4.52. The highest BCUT2D eigenvalue weighted by Gasteiger charge is 2.62. The van der Waals surface area contributed by atoms with Crippen molar-refractivity contribution < 1.29 is 69.1 Å². The SMILES string of the molecule is CC12CCC(=O)CC1CCC1C2CCC2(C)C(OC3OC(C(=O)O)C(O)C(O)C3OC3OC(C(=O)O)C(O)C(O)C3O)CCC12. The molecule has 2 heterocycles. The van der Waals surface area contributed by atoms with Gasteiger partial charge in [0, 0.05) is 12.8 Å². The number of rotatable bonds is 6. The molecule has 6 aliphatic rings. The van der Waals surface area contributed by atoms with Crippen LogP contribution in [0.2, 0.25) is 0 Å². The van der Waals surface area contributed by atoms with Crippen molar-refractivity contribution >= 4 is 17.7 Å². The fourth-order valence-electron chi connectivity index (χ4n) is 10.00. The Kier molecular flexibility index (Phi) is 8.88. The average molecular weight is 643 g/mol. The molecular weight excluding hydrogens is 596 g/mol. The van der Waals surface area contributed by atoms with E-state index in [0.717, 1.165) is 38.5 Å². The monoisotopic (exact) mass is 642 g/mol. The molecule has 14 nitrogen and oxygen atoms in total. The first kappa shape index (κ1) is 33.2. The summed E-state index contributed by atoms with van der Waals surface area (Å²) in [6.07, 6.45) is -11.7. The van der Waals surface area contributed by atoms with Crippen molar-refractivity contribution in [3.8, 4) is 0 Å². The number of hydrogen-bond acceptors (Lipinski definition) is 12. The van der Waals surface area contributed by atoms with E-state index in [1.54, 1.807) is 0 Å². The molecule has 0 aromatic rings. The van der Waals surface area contributed by atoms with Gasteiger partial charge in [0.25, 0.3) is 0 Å². The topological polar surface area (TPSA) is 230 Å². The fraction of sp³-hybridized carbons (Fsp3) is 0.903. The van der Waals surface area contributed by atoms with Gasteiger partial charge in [-0.2, -0.15) is 0 Å². The van der Waals surface area contributed by atoms with Gasteiger partial charge in [-0.05, 0) is 79.4 Å². The lowest BCUT2D eigenvalue weighted by atomic mass is 9.45. The summed E-state index contributed by atoms with van der Waals surface area (Å²) < 4.78 is 23.1. The lowest BCUT2D eigenvalue weighted by Gasteiger charge is -2.60. The van der Waals surface area contributed by atoms with Crippen LogP contribution in [0.1, 0.15) is 71.6 Å². The lowest BCUT2D eigenvalue weighted by Crippen LogP contribution is -2.66. The molecule has 4 aliphatic carbocycles. The van der Waals surface area contributed by atoms with Gasteiger partial charge in [-0.25, -0.2) is 9.59 Å². The van der Waals surface area contributed by atoms with Gasteiger partial charge < -0.3 is 54.7 Å². The number of ether oxygens (including phenoxy) is 4. The number of aliphatic hydroxyl groups is 5. The van der Waals surface area contributed by atoms with Gasteiger partial charge in [-0.3, -0.25) is 4.79 Å². The minimum atomic E-state index is -1.98. The standard InChI is InChI=1S/C31H46O14/c1-30-9-7-13(32)11-12(30)3-4-14-15-5-6-17(31(15,2)10-8-16(14)30)42-29-25(21(36)20(35)24(44-29)27(40)41)45-28-22(37)18(33)19(34)23(43-28)26(38)39/h12,14-25,28-29,33-37H,3-11H2,1-2H3,(H,38,39)(H,40,41). The van der Waals surface area contributed by atoms with Gasteiger partial charge in [-0.1, -0.05) is 13.8 Å². The average Bonchev–Trinajstić information content (AvgIpc) is 3.32. The molecule has 4 saturated carbocycles. The molecular formula is C31H46O14. The molecule has 6 fully saturated rings. The van der Waals surface area contributed by atoms with Crippen molar-refractivity contribution in [2.45, 2.75) is 139 Å². The third-order valence-corrected chi connectivity index (χ3v) is 12.6. The number of carbonyl (C=O) groups is 3. The quantitative estimate of drug-likeness (QED) is 0.199. The summed E-state index contributed by atoms with van der Waals surface area (Å²) in [4.78, 5) is 35.8. The van der Waals surface area contributed by atoms with E-state index < -0.39 is 79.5 Å². The molecule has 7 N–H and O–H groups in total. The molecule has 0 amide bonds. The number of aliphatic hydroxyl groups excluding tert-OH is 5. The van der Waals surface area contributed by atoms with E-state index >= 15 is 0 Å². The van der Waals surface area contributed by atoms with E-state index in [1.807, 2.05) is 0 Å². The second-order valence-electron chi connectivity index (χ2n) is 14.7. The van der Waals surface area contributed by atoms with Crippen LogP contribution in [0.15, 0.2) is 0 Å². The summed E-state index contributed by atoms with van der Waals surface area (Å²) in [6, 6.07) is 0. The Bertz CT molecular complexity index is 1170. The molecule has 2 saturated heterocycles. The number of Topliss-reactive ketones (excluding diaryl/α,β-unsaturated/α-hetero) is 1. The Balaban J connectivity index is 1.22. The van der Waals surface area contributed by atoms with Crippen molar-refractivity contribution in [3.05, 3.63) is 0 Å². The van der Waals surface area contributed by atoms with E-state index in [-0.39, 0.29) is 10.8 Å². The van der Waals surface area contributed by atoms with Crippen molar-refractivity contribution in [2.24, 2.45) is 34.5 Å². The molecule has 17 unspecified atom stereocenters. The van der Waals surface area contributed by atoms with Crippen LogP contribution in [-0.2, 0) is 33.3 Å². The molecule has 14 heteroatoms. The smallest absolute Gasteiger partial charge is 0.335 e. The van der Waals surface area contributed by atoms with Crippen LogP contribution in [0, 0.1) is 34.5 Å². The summed E-state index contributed by atoms with van der Waals surface area (Å²) >= 11 is 0. The number of hydrogen-bond donors (Lipinski definition) is 7. The molecule has 0 spiro atoms. The minimum absolute atomic E-state index is 0.115. The van der Waals surface area contributed by atoms with Crippen molar-refractivity contribution in [2.75, 3.05) is 0 Å². The maximum absolute atomic E-state index is 12.3. The molecule has 6 rings (SSSR count). The van der Waals surface area contributed by atoms with Gasteiger partial charge in [0.15, 0.2) is 24.8 Å². The largest absolute Gasteiger partial charge is 0.479 e. The summed E-state index contributed by atoms with van der Waals surface area (Å²) in [7, 11) is 0. The number of fused-ring (bicyclic) bond motifs is 5. The number of carboxylic acid groups (broad SMARTS) is 2. The predicted molar refractivity (Wildman–Crippen MR) is 149 cm³/mol. The van der Waals surface area contributed by atoms with Gasteiger partial charge in [0.05, 0.1) is 6.10 Å². The summed E-state index contributed by atoms with van der Waals surface area (Å²) in [5, 5.41) is 71.6. The Morgan fingerprint density at radius 1 is 0.711 bits per heavy atom. The van der Waals surface area contributed by atoms with E-state index in [1.165, 1.54) is 0 Å². The van der Waals surface area contributed by atoms with Gasteiger partial charge >= 0.3 is 11.9 Å². The number of carbonyl (C=O) groups excluding carboxylic acids is 1. The highest BCUT2D eigenvalue weighted by Crippen LogP contribution is 2.66. The van der Waals surface area contributed by atoms with E-state index in [4.69, 9.17) is 18.9 Å². The Labute approximate surface area is 260 Å². The Morgan fingerprint density at radius 3 is 2.00 bits per heavy atom. The molecule has 254 valence electrons. The lowest BCUT2D eigenvalue weighted by molar-refractivity contribution is -0.367. The second-order valence-corrected chi connectivity index (χ2v) is 14.7. The van der Waals surface area contributed by atoms with E-state index in [0.29, 0.717) is 48.7 Å². The van der Waals surface area contributed by atoms with Crippen LogP contribution < -0.4 is 0 Å². The summed E-state index contributed by atoms with van der Waals surface area (Å²) in [5.74, 6) is -1.17. The zero-order valence-electron chi connectivity index (χ0n) is 25.5. The fourth-order valence-corrected chi connectivity index (χ4v) is 10.00. The second kappa shape index (κ2) is 12.0. The van der Waals surface area contributed by atoms with Gasteiger partial charge in [-0.15, -0.1) is 0 Å². The van der Waals surface area contributed by atoms with E-state index in [2.05, 4.69) is 13.8 Å². The third kappa shape index (κ3) is 5.43. The zero-order chi connectivity index (χ0) is 32.6. The molecule has 0 aromatic carbocycles. The number of aliphatic carboxylic acids is 2. The Morgan fingerprint density at radius 2 is 1.33 bits per heavy atom. The molecule has 0 aromatic heterocycles. The van der Waals surface area contributed by atoms with Crippen LogP contribution in [0.5, 0.6) is 0 Å². The van der Waals surface area contributed by atoms with Crippen molar-refractivity contribution in [3.63, 3.8) is 0 Å². The first-order chi connectivity index (χ1) is 21.2. The van der Waals surface area contributed by atoms with Crippen LogP contribution in [0.25, 0.3) is 0 Å². The highest BCUT2D eigenvalue weighted by molar-refractivity contribution is 5.79. The maximum Gasteiger partial charge on any atom is 0.335 e. The van der Waals surface area contributed by atoms with Crippen LogP contribution in [0.3, 0.4) is 0 Å². The van der Waals surface area contributed by atoms with Crippen LogP contribution in [0.4, 0.5) is 0 Å². The molecule has 0 bridgehead atoms. The van der Waals surface area contributed by atoms with Crippen LogP contribution in [-0.4, -0.2) is 121 Å². The molecule has 17 atom stereocenters. The van der Waals surface area contributed by atoms with Gasteiger partial charge in [0.1, 0.15) is 42.4 Å². The first-order valence-corrected chi connectivity index (χ1v) is 16.2. The normalized spacial score (nSPS) is 53.2. The molecule has 0 radical (unpaired) electrons. The highest BCUT2D eigenvalue weighted by atomic mass is 16.8.